The van der Waals surface area contributed by atoms with Crippen LogP contribution in [0.5, 0.6) is 0 Å². The maximum Gasteiger partial charge on any atom is 0.0934 e. The van der Waals surface area contributed by atoms with Gasteiger partial charge in [-0.05, 0) is 18.4 Å². The Hall–Kier alpha value is -0.590. The highest BCUT2D eigenvalue weighted by Gasteiger charge is 1.94. The molecular formula is C8H11F. The van der Waals surface area contributed by atoms with E-state index < -0.39 is 0 Å². The molecule has 1 heteroatoms. The lowest BCUT2D eigenvalue weighted by Gasteiger charge is -2.02. The minimum absolute atomic E-state index is 0.226. The monoisotopic (exact) mass is 126 g/mol. The van der Waals surface area contributed by atoms with Crippen LogP contribution in [-0.2, 0) is 0 Å². The number of halogens is 1. The number of hydrogen-bond donors (Lipinski definition) is 0. The van der Waals surface area contributed by atoms with Crippen molar-refractivity contribution in [1.29, 1.82) is 0 Å². The molecule has 0 N–H and O–H groups in total. The summed E-state index contributed by atoms with van der Waals surface area (Å²) in [7, 11) is 0. The Morgan fingerprint density at radius 2 is 2.33 bits per heavy atom. The van der Waals surface area contributed by atoms with Gasteiger partial charge in [-0.25, -0.2) is 0 Å². The maximum atomic E-state index is 11.7. The van der Waals surface area contributed by atoms with Gasteiger partial charge in [-0.15, -0.1) is 0 Å². The highest BCUT2D eigenvalue weighted by molar-refractivity contribution is 5.21. The second kappa shape index (κ2) is 3.44. The Labute approximate surface area is 55.1 Å². The molecule has 0 nitrogen and oxygen atoms in total. The second-order valence-electron chi connectivity index (χ2n) is 2.20. The van der Waals surface area contributed by atoms with E-state index in [1.54, 1.807) is 0 Å². The van der Waals surface area contributed by atoms with Gasteiger partial charge < -0.3 is 0 Å². The lowest BCUT2D eigenvalue weighted by Crippen LogP contribution is -1.85. The van der Waals surface area contributed by atoms with Gasteiger partial charge in [0.15, 0.2) is 0 Å². The maximum absolute atomic E-state index is 11.7. The van der Waals surface area contributed by atoms with Crippen molar-refractivity contribution in [2.45, 2.75) is 19.3 Å². The van der Waals surface area contributed by atoms with E-state index in [0.29, 0.717) is 6.42 Å². The van der Waals surface area contributed by atoms with E-state index in [2.05, 4.69) is 12.2 Å². The van der Waals surface area contributed by atoms with Crippen LogP contribution >= 0.6 is 0 Å². The van der Waals surface area contributed by atoms with Gasteiger partial charge >= 0.3 is 0 Å². The molecule has 0 aromatic rings. The molecular weight excluding hydrogens is 115 g/mol. The first kappa shape index (κ1) is 6.53. The molecule has 0 unspecified atom stereocenters. The number of alkyl halides is 1. The lowest BCUT2D eigenvalue weighted by atomic mass is 10.1. The molecule has 0 atom stereocenters. The van der Waals surface area contributed by atoms with Crippen LogP contribution in [0.2, 0.25) is 0 Å². The standard InChI is InChI=1S/C8H11F/c9-7-6-8-4-2-1-3-5-8/h2,4-5H,1,3,6-7H2. The minimum atomic E-state index is -0.226. The van der Waals surface area contributed by atoms with Crippen LogP contribution in [0.15, 0.2) is 23.8 Å². The predicted molar refractivity (Wildman–Crippen MR) is 37.0 cm³/mol. The fourth-order valence-corrected chi connectivity index (χ4v) is 0.962. The summed E-state index contributed by atoms with van der Waals surface area (Å²) in [5.41, 5.74) is 1.16. The molecule has 1 aliphatic carbocycles. The normalized spacial score (nSPS) is 17.7. The minimum Gasteiger partial charge on any atom is -0.251 e. The molecule has 0 spiro atoms. The highest BCUT2D eigenvalue weighted by atomic mass is 19.1. The van der Waals surface area contributed by atoms with E-state index in [0.717, 1.165) is 18.4 Å². The summed E-state index contributed by atoms with van der Waals surface area (Å²) in [6.07, 6.45) is 9.03. The summed E-state index contributed by atoms with van der Waals surface area (Å²) < 4.78 is 11.7. The van der Waals surface area contributed by atoms with Gasteiger partial charge in [0.25, 0.3) is 0 Å². The predicted octanol–water partition coefficient (Wildman–Crippen LogP) is 2.62. The Morgan fingerprint density at radius 3 is 2.89 bits per heavy atom. The van der Waals surface area contributed by atoms with Gasteiger partial charge in [-0.3, -0.25) is 4.39 Å². The molecule has 0 aromatic heterocycles. The molecule has 0 aromatic carbocycles. The topological polar surface area (TPSA) is 0 Å². The van der Waals surface area contributed by atoms with E-state index in [4.69, 9.17) is 0 Å². The lowest BCUT2D eigenvalue weighted by molar-refractivity contribution is 0.495. The molecule has 0 saturated heterocycles. The fourth-order valence-electron chi connectivity index (χ4n) is 0.962. The zero-order valence-corrected chi connectivity index (χ0v) is 5.44. The Bertz CT molecular complexity index is 134. The third-order valence-electron chi connectivity index (χ3n) is 1.45. The summed E-state index contributed by atoms with van der Waals surface area (Å²) in [4.78, 5) is 0. The first-order valence-electron chi connectivity index (χ1n) is 3.35. The summed E-state index contributed by atoms with van der Waals surface area (Å²) in [5, 5.41) is 0. The van der Waals surface area contributed by atoms with Crippen LogP contribution in [0.4, 0.5) is 4.39 Å². The van der Waals surface area contributed by atoms with Crippen molar-refractivity contribution in [2.75, 3.05) is 6.67 Å². The summed E-state index contributed by atoms with van der Waals surface area (Å²) in [6.45, 7) is -0.226. The van der Waals surface area contributed by atoms with Gasteiger partial charge in [0.05, 0.1) is 6.67 Å². The largest absolute Gasteiger partial charge is 0.251 e. The van der Waals surface area contributed by atoms with Gasteiger partial charge in [0.1, 0.15) is 0 Å². The zero-order chi connectivity index (χ0) is 6.53. The quantitative estimate of drug-likeness (QED) is 0.533. The fraction of sp³-hybridized carbons (Fsp3) is 0.500. The van der Waals surface area contributed by atoms with Gasteiger partial charge in [0, 0.05) is 6.42 Å². The van der Waals surface area contributed by atoms with Crippen molar-refractivity contribution in [1.82, 2.24) is 0 Å². The molecule has 0 bridgehead atoms. The Balaban J connectivity index is 2.38. The van der Waals surface area contributed by atoms with E-state index in [1.807, 2.05) is 6.08 Å². The zero-order valence-electron chi connectivity index (χ0n) is 5.44. The third-order valence-corrected chi connectivity index (χ3v) is 1.45. The summed E-state index contributed by atoms with van der Waals surface area (Å²) in [6, 6.07) is 0. The van der Waals surface area contributed by atoms with Gasteiger partial charge in [-0.2, -0.15) is 0 Å². The molecule has 0 amide bonds. The molecule has 0 saturated carbocycles. The van der Waals surface area contributed by atoms with Crippen molar-refractivity contribution >= 4 is 0 Å². The van der Waals surface area contributed by atoms with E-state index >= 15 is 0 Å². The van der Waals surface area contributed by atoms with Crippen LogP contribution in [0.3, 0.4) is 0 Å². The van der Waals surface area contributed by atoms with Crippen LogP contribution in [0.25, 0.3) is 0 Å². The number of rotatable bonds is 2. The van der Waals surface area contributed by atoms with Crippen LogP contribution < -0.4 is 0 Å². The SMILES string of the molecule is FCCC1=CCCC=C1. The van der Waals surface area contributed by atoms with Crippen molar-refractivity contribution in [3.05, 3.63) is 23.8 Å². The van der Waals surface area contributed by atoms with E-state index in [9.17, 15) is 4.39 Å². The second-order valence-corrected chi connectivity index (χ2v) is 2.20. The van der Waals surface area contributed by atoms with Crippen LogP contribution in [0.1, 0.15) is 19.3 Å². The molecule has 0 heterocycles. The summed E-state index contributed by atoms with van der Waals surface area (Å²) in [5.74, 6) is 0. The van der Waals surface area contributed by atoms with Crippen molar-refractivity contribution in [2.24, 2.45) is 0 Å². The molecule has 50 valence electrons. The van der Waals surface area contributed by atoms with Crippen LogP contribution in [-0.4, -0.2) is 6.67 Å². The Morgan fingerprint density at radius 1 is 1.44 bits per heavy atom. The average molecular weight is 126 g/mol. The number of allylic oxidation sites excluding steroid dienone is 4. The van der Waals surface area contributed by atoms with Gasteiger partial charge in [-0.1, -0.05) is 18.2 Å². The molecule has 1 aliphatic rings. The average Bonchev–Trinajstić information content (AvgIpc) is 1.91. The van der Waals surface area contributed by atoms with Crippen molar-refractivity contribution < 1.29 is 4.39 Å². The first-order valence-corrected chi connectivity index (χ1v) is 3.35. The van der Waals surface area contributed by atoms with Crippen LogP contribution in [0, 0.1) is 0 Å². The Kier molecular flexibility index (Phi) is 2.49. The van der Waals surface area contributed by atoms with E-state index in [1.165, 1.54) is 0 Å². The van der Waals surface area contributed by atoms with E-state index in [-0.39, 0.29) is 6.67 Å². The highest BCUT2D eigenvalue weighted by Crippen LogP contribution is 2.12. The number of hydrogen-bond acceptors (Lipinski definition) is 0. The first-order chi connectivity index (χ1) is 4.43. The molecule has 0 fully saturated rings. The molecule has 9 heavy (non-hydrogen) atoms. The molecule has 0 radical (unpaired) electrons. The van der Waals surface area contributed by atoms with Gasteiger partial charge in [0.2, 0.25) is 0 Å². The third kappa shape index (κ3) is 2.00. The van der Waals surface area contributed by atoms with Crippen molar-refractivity contribution in [3.63, 3.8) is 0 Å². The summed E-state index contributed by atoms with van der Waals surface area (Å²) >= 11 is 0. The molecule has 0 aliphatic heterocycles. The smallest absolute Gasteiger partial charge is 0.0934 e. The van der Waals surface area contributed by atoms with Crippen molar-refractivity contribution in [3.8, 4) is 0 Å². The molecule has 1 rings (SSSR count).